The van der Waals surface area contributed by atoms with E-state index in [1.54, 1.807) is 0 Å². The molecule has 22 heavy (non-hydrogen) atoms. The zero-order valence-corrected chi connectivity index (χ0v) is 14.1. The molecule has 1 aliphatic rings. The molecule has 0 spiro atoms. The molecule has 0 radical (unpaired) electrons. The number of pyridine rings is 1. The molecule has 1 aliphatic heterocycles. The Labute approximate surface area is 136 Å². The van der Waals surface area contributed by atoms with Gasteiger partial charge in [-0.25, -0.2) is 8.42 Å². The molecule has 1 aromatic heterocycles. The van der Waals surface area contributed by atoms with Crippen molar-refractivity contribution < 1.29 is 8.42 Å². The number of benzene rings is 1. The van der Waals surface area contributed by atoms with Gasteiger partial charge in [-0.2, -0.15) is 0 Å². The minimum atomic E-state index is -2.91. The summed E-state index contributed by atoms with van der Waals surface area (Å²) in [7, 11) is -2.91. The number of hydrogen-bond acceptors (Lipinski definition) is 4. The molecule has 0 aliphatic carbocycles. The van der Waals surface area contributed by atoms with E-state index >= 15 is 0 Å². The van der Waals surface area contributed by atoms with E-state index in [1.165, 1.54) is 0 Å². The van der Waals surface area contributed by atoms with Crippen molar-refractivity contribution in [2.45, 2.75) is 13.5 Å². The van der Waals surface area contributed by atoms with Crippen molar-refractivity contribution in [1.29, 1.82) is 0 Å². The number of fused-ring (bicyclic) bond motifs is 1. The first kappa shape index (κ1) is 15.7. The highest BCUT2D eigenvalue weighted by Gasteiger charge is 2.24. The Morgan fingerprint density at radius 1 is 1.32 bits per heavy atom. The van der Waals surface area contributed by atoms with Crippen LogP contribution in [0, 0.1) is 5.92 Å². The van der Waals surface area contributed by atoms with Crippen molar-refractivity contribution in [3.05, 3.63) is 41.0 Å². The zero-order valence-electron chi connectivity index (χ0n) is 12.5. The van der Waals surface area contributed by atoms with Crippen LogP contribution in [-0.2, 0) is 16.4 Å². The van der Waals surface area contributed by atoms with E-state index in [1.807, 2.05) is 37.3 Å². The molecule has 1 fully saturated rings. The minimum absolute atomic E-state index is 0.155. The van der Waals surface area contributed by atoms with E-state index in [4.69, 9.17) is 11.6 Å². The summed E-state index contributed by atoms with van der Waals surface area (Å²) in [6, 6.07) is 9.70. The molecule has 2 aromatic rings. The first-order chi connectivity index (χ1) is 10.4. The lowest BCUT2D eigenvalue weighted by atomic mass is 10.1. The molecule has 1 atom stereocenters. The van der Waals surface area contributed by atoms with Crippen LogP contribution >= 0.6 is 11.6 Å². The van der Waals surface area contributed by atoms with Crippen molar-refractivity contribution in [1.82, 2.24) is 9.88 Å². The number of aromatic nitrogens is 1. The van der Waals surface area contributed by atoms with Gasteiger partial charge in [-0.15, -0.1) is 0 Å². The van der Waals surface area contributed by atoms with Crippen LogP contribution < -0.4 is 0 Å². The average molecular weight is 339 g/mol. The molecule has 0 amide bonds. The van der Waals surface area contributed by atoms with Crippen LogP contribution in [0.5, 0.6) is 0 Å². The topological polar surface area (TPSA) is 50.3 Å². The normalized spacial score (nSPS) is 22.5. The van der Waals surface area contributed by atoms with Gasteiger partial charge < -0.3 is 0 Å². The number of rotatable bonds is 2. The van der Waals surface area contributed by atoms with Gasteiger partial charge in [0.25, 0.3) is 0 Å². The third-order valence-electron chi connectivity index (χ3n) is 3.92. The van der Waals surface area contributed by atoms with E-state index in [9.17, 15) is 8.42 Å². The van der Waals surface area contributed by atoms with Crippen LogP contribution in [0.15, 0.2) is 30.3 Å². The van der Waals surface area contributed by atoms with Crippen LogP contribution in [0.4, 0.5) is 0 Å². The average Bonchev–Trinajstić information content (AvgIpc) is 2.56. The molecule has 118 valence electrons. The Hall–Kier alpha value is -1.17. The van der Waals surface area contributed by atoms with E-state index < -0.39 is 9.84 Å². The molecular weight excluding hydrogens is 320 g/mol. The predicted octanol–water partition coefficient (Wildman–Crippen LogP) is 2.75. The van der Waals surface area contributed by atoms with E-state index in [0.717, 1.165) is 23.1 Å². The van der Waals surface area contributed by atoms with Crippen molar-refractivity contribution >= 4 is 32.3 Å². The minimum Gasteiger partial charge on any atom is -0.296 e. The number of nitrogens with zero attached hydrogens (tertiary/aromatic N) is 2. The lowest BCUT2D eigenvalue weighted by Crippen LogP contribution is -2.29. The summed E-state index contributed by atoms with van der Waals surface area (Å²) in [5.74, 6) is 0.670. The molecule has 1 unspecified atom stereocenters. The molecule has 6 heteroatoms. The molecular formula is C16H19ClN2O2S. The van der Waals surface area contributed by atoms with Gasteiger partial charge >= 0.3 is 0 Å². The van der Waals surface area contributed by atoms with Gasteiger partial charge in [-0.1, -0.05) is 30.7 Å². The highest BCUT2D eigenvalue weighted by molar-refractivity contribution is 7.91. The van der Waals surface area contributed by atoms with Crippen molar-refractivity contribution in [2.75, 3.05) is 24.6 Å². The monoisotopic (exact) mass is 338 g/mol. The zero-order chi connectivity index (χ0) is 15.7. The second-order valence-corrected chi connectivity index (χ2v) is 8.76. The third-order valence-corrected chi connectivity index (χ3v) is 6.04. The maximum absolute atomic E-state index is 11.8. The Bertz CT molecular complexity index is 792. The molecule has 0 saturated carbocycles. The van der Waals surface area contributed by atoms with Crippen LogP contribution in [-0.4, -0.2) is 42.9 Å². The fourth-order valence-corrected chi connectivity index (χ4v) is 4.80. The summed E-state index contributed by atoms with van der Waals surface area (Å²) in [6.07, 6.45) is 0. The Morgan fingerprint density at radius 2 is 2.09 bits per heavy atom. The summed E-state index contributed by atoms with van der Waals surface area (Å²) in [5, 5.41) is 1.73. The van der Waals surface area contributed by atoms with Gasteiger partial charge in [0.1, 0.15) is 0 Å². The third kappa shape index (κ3) is 3.77. The molecule has 3 rings (SSSR count). The summed E-state index contributed by atoms with van der Waals surface area (Å²) < 4.78 is 23.7. The Morgan fingerprint density at radius 3 is 2.91 bits per heavy atom. The highest BCUT2D eigenvalue weighted by atomic mass is 35.5. The molecule has 4 nitrogen and oxygen atoms in total. The van der Waals surface area contributed by atoms with Gasteiger partial charge in [0.05, 0.1) is 22.7 Å². The van der Waals surface area contributed by atoms with Crippen LogP contribution in [0.2, 0.25) is 5.02 Å². The number of halogens is 1. The van der Waals surface area contributed by atoms with Gasteiger partial charge in [-0.05, 0) is 24.1 Å². The first-order valence-corrected chi connectivity index (χ1v) is 9.59. The Kier molecular flexibility index (Phi) is 4.39. The van der Waals surface area contributed by atoms with E-state index in [-0.39, 0.29) is 17.4 Å². The highest BCUT2D eigenvalue weighted by Crippen LogP contribution is 2.19. The second kappa shape index (κ2) is 6.14. The summed E-state index contributed by atoms with van der Waals surface area (Å²) in [6.45, 7) is 4.02. The van der Waals surface area contributed by atoms with Crippen molar-refractivity contribution in [2.24, 2.45) is 5.92 Å². The standard InChI is InChI=1S/C16H19ClN2O2S/c1-12-9-19(6-7-22(20,21)11-12)10-15-5-3-13-2-4-14(17)8-16(13)18-15/h2-5,8,12H,6-7,9-11H2,1H3. The quantitative estimate of drug-likeness (QED) is 0.845. The molecule has 0 bridgehead atoms. The number of hydrogen-bond donors (Lipinski definition) is 0. The summed E-state index contributed by atoms with van der Waals surface area (Å²) in [5.41, 5.74) is 1.82. The second-order valence-electron chi connectivity index (χ2n) is 6.09. The van der Waals surface area contributed by atoms with Crippen LogP contribution in [0.1, 0.15) is 12.6 Å². The van der Waals surface area contributed by atoms with Crippen LogP contribution in [0.25, 0.3) is 10.9 Å². The molecule has 0 N–H and O–H groups in total. The van der Waals surface area contributed by atoms with Gasteiger partial charge in [0.15, 0.2) is 9.84 Å². The number of sulfone groups is 1. The SMILES string of the molecule is CC1CN(Cc2ccc3ccc(Cl)cc3n2)CCS(=O)(=O)C1. The first-order valence-electron chi connectivity index (χ1n) is 7.39. The largest absolute Gasteiger partial charge is 0.296 e. The van der Waals surface area contributed by atoms with Crippen LogP contribution in [0.3, 0.4) is 0 Å². The molecule has 1 aromatic carbocycles. The molecule has 1 saturated heterocycles. The lowest BCUT2D eigenvalue weighted by molar-refractivity contribution is 0.254. The van der Waals surface area contributed by atoms with Gasteiger partial charge in [0, 0.05) is 30.0 Å². The lowest BCUT2D eigenvalue weighted by Gasteiger charge is -2.21. The van der Waals surface area contributed by atoms with Crippen molar-refractivity contribution in [3.8, 4) is 0 Å². The summed E-state index contributed by atoms with van der Waals surface area (Å²) in [4.78, 5) is 6.82. The smallest absolute Gasteiger partial charge is 0.151 e. The van der Waals surface area contributed by atoms with E-state index in [2.05, 4.69) is 9.88 Å². The Balaban J connectivity index is 1.80. The fraction of sp³-hybridized carbons (Fsp3) is 0.438. The van der Waals surface area contributed by atoms with Crippen molar-refractivity contribution in [3.63, 3.8) is 0 Å². The summed E-state index contributed by atoms with van der Waals surface area (Å²) >= 11 is 6.02. The maximum Gasteiger partial charge on any atom is 0.151 e. The van der Waals surface area contributed by atoms with Gasteiger partial charge in [0.2, 0.25) is 0 Å². The maximum atomic E-state index is 11.8. The fourth-order valence-electron chi connectivity index (χ4n) is 2.96. The van der Waals surface area contributed by atoms with E-state index in [0.29, 0.717) is 18.1 Å². The predicted molar refractivity (Wildman–Crippen MR) is 89.8 cm³/mol. The molecule has 2 heterocycles. The van der Waals surface area contributed by atoms with Gasteiger partial charge in [-0.3, -0.25) is 9.88 Å².